The number of nitrogens with one attached hydrogen (secondary N) is 2. The lowest BCUT2D eigenvalue weighted by Crippen LogP contribution is -2.24. The molecule has 5 nitrogen and oxygen atoms in total. The number of rotatable bonds is 13. The second kappa shape index (κ2) is 13.4. The maximum absolute atomic E-state index is 12.5. The van der Waals surface area contributed by atoms with E-state index in [9.17, 15) is 9.59 Å². The van der Waals surface area contributed by atoms with Crippen molar-refractivity contribution in [3.8, 4) is 5.75 Å². The fraction of sp³-hybridized carbons (Fsp3) is 0.440. The van der Waals surface area contributed by atoms with Gasteiger partial charge in [-0.1, -0.05) is 52.0 Å². The Morgan fingerprint density at radius 3 is 2.27 bits per heavy atom. The second-order valence-electron chi connectivity index (χ2n) is 7.43. The van der Waals surface area contributed by atoms with Crippen LogP contribution in [0.15, 0.2) is 48.5 Å². The highest BCUT2D eigenvalue weighted by atomic mass is 16.5. The van der Waals surface area contributed by atoms with Crippen LogP contribution in [0.2, 0.25) is 0 Å². The van der Waals surface area contributed by atoms with Gasteiger partial charge in [-0.25, -0.2) is 0 Å². The standard InChI is InChI=1S/C25H34N2O3/c1-3-5-7-8-9-18-30-23-15-13-20(14-16-23)25(29)27-22-12-10-11-21(19-22)24(28)26-17-6-4-2/h10-16,19H,3-9,17-18H2,1-2H3,(H,26,28)(H,27,29). The summed E-state index contributed by atoms with van der Waals surface area (Å²) >= 11 is 0. The van der Waals surface area contributed by atoms with Crippen molar-refractivity contribution in [2.45, 2.75) is 58.8 Å². The number of unbranched alkanes of at least 4 members (excludes halogenated alkanes) is 5. The number of anilines is 1. The molecule has 2 aromatic rings. The molecule has 2 N–H and O–H groups in total. The fourth-order valence-electron chi connectivity index (χ4n) is 3.02. The summed E-state index contributed by atoms with van der Waals surface area (Å²) in [5.74, 6) is 0.424. The molecule has 0 radical (unpaired) electrons. The summed E-state index contributed by atoms with van der Waals surface area (Å²) in [6, 6.07) is 14.1. The number of hydrogen-bond acceptors (Lipinski definition) is 3. The molecule has 0 aliphatic carbocycles. The predicted molar refractivity (Wildman–Crippen MR) is 122 cm³/mol. The third-order valence-corrected chi connectivity index (χ3v) is 4.83. The zero-order chi connectivity index (χ0) is 21.6. The van der Waals surface area contributed by atoms with E-state index in [0.29, 0.717) is 30.0 Å². The molecular formula is C25H34N2O3. The van der Waals surface area contributed by atoms with Crippen LogP contribution in [0.25, 0.3) is 0 Å². The van der Waals surface area contributed by atoms with Crippen LogP contribution in [0, 0.1) is 0 Å². The third-order valence-electron chi connectivity index (χ3n) is 4.83. The van der Waals surface area contributed by atoms with E-state index in [4.69, 9.17) is 4.74 Å². The predicted octanol–water partition coefficient (Wildman–Crippen LogP) is 5.82. The number of hydrogen-bond donors (Lipinski definition) is 2. The van der Waals surface area contributed by atoms with Gasteiger partial charge in [-0.3, -0.25) is 9.59 Å². The van der Waals surface area contributed by atoms with Crippen molar-refractivity contribution >= 4 is 17.5 Å². The van der Waals surface area contributed by atoms with Crippen molar-refractivity contribution in [2.24, 2.45) is 0 Å². The second-order valence-corrected chi connectivity index (χ2v) is 7.43. The Labute approximate surface area is 180 Å². The molecule has 5 heteroatoms. The molecule has 0 heterocycles. The Bertz CT molecular complexity index is 787. The van der Waals surface area contributed by atoms with Gasteiger partial charge in [0.15, 0.2) is 0 Å². The SMILES string of the molecule is CCCCCCCOc1ccc(C(=O)Nc2cccc(C(=O)NCCCC)c2)cc1. The van der Waals surface area contributed by atoms with E-state index in [-0.39, 0.29) is 11.8 Å². The summed E-state index contributed by atoms with van der Waals surface area (Å²) < 4.78 is 5.75. The average molecular weight is 411 g/mol. The van der Waals surface area contributed by atoms with Gasteiger partial charge in [0, 0.05) is 23.4 Å². The number of ether oxygens (including phenoxy) is 1. The molecular weight excluding hydrogens is 376 g/mol. The first kappa shape index (κ1) is 23.5. The van der Waals surface area contributed by atoms with Crippen molar-refractivity contribution < 1.29 is 14.3 Å². The maximum atomic E-state index is 12.5. The van der Waals surface area contributed by atoms with Crippen LogP contribution < -0.4 is 15.4 Å². The van der Waals surface area contributed by atoms with Gasteiger partial charge in [0.1, 0.15) is 5.75 Å². The molecule has 0 atom stereocenters. The van der Waals surface area contributed by atoms with Crippen LogP contribution in [0.1, 0.15) is 79.5 Å². The van der Waals surface area contributed by atoms with Crippen LogP contribution in [0.3, 0.4) is 0 Å². The lowest BCUT2D eigenvalue weighted by atomic mass is 10.1. The Kier molecular flexibility index (Phi) is 10.5. The van der Waals surface area contributed by atoms with Gasteiger partial charge in [-0.05, 0) is 55.3 Å². The van der Waals surface area contributed by atoms with E-state index in [1.54, 1.807) is 36.4 Å². The van der Waals surface area contributed by atoms with E-state index in [1.165, 1.54) is 25.7 Å². The maximum Gasteiger partial charge on any atom is 0.255 e. The minimum Gasteiger partial charge on any atom is -0.494 e. The summed E-state index contributed by atoms with van der Waals surface area (Å²) in [6.45, 7) is 5.63. The molecule has 0 spiro atoms. The Hall–Kier alpha value is -2.82. The zero-order valence-corrected chi connectivity index (χ0v) is 18.2. The monoisotopic (exact) mass is 410 g/mol. The van der Waals surface area contributed by atoms with Crippen LogP contribution in [0.4, 0.5) is 5.69 Å². The zero-order valence-electron chi connectivity index (χ0n) is 18.2. The number of carbonyl (C=O) groups is 2. The highest BCUT2D eigenvalue weighted by Gasteiger charge is 2.09. The first-order valence-corrected chi connectivity index (χ1v) is 11.1. The molecule has 0 aromatic heterocycles. The number of benzene rings is 2. The number of amides is 2. The molecule has 0 saturated carbocycles. The lowest BCUT2D eigenvalue weighted by Gasteiger charge is -2.09. The van der Waals surface area contributed by atoms with Crippen LogP contribution in [-0.2, 0) is 0 Å². The highest BCUT2D eigenvalue weighted by Crippen LogP contribution is 2.16. The van der Waals surface area contributed by atoms with Gasteiger partial charge >= 0.3 is 0 Å². The minimum atomic E-state index is -0.218. The minimum absolute atomic E-state index is 0.129. The molecule has 2 amide bonds. The molecule has 162 valence electrons. The topological polar surface area (TPSA) is 67.4 Å². The van der Waals surface area contributed by atoms with Crippen molar-refractivity contribution in [2.75, 3.05) is 18.5 Å². The smallest absolute Gasteiger partial charge is 0.255 e. The van der Waals surface area contributed by atoms with Crippen LogP contribution in [-0.4, -0.2) is 25.0 Å². The Morgan fingerprint density at radius 2 is 1.53 bits per heavy atom. The van der Waals surface area contributed by atoms with Gasteiger partial charge in [0.25, 0.3) is 11.8 Å². The van der Waals surface area contributed by atoms with Crippen LogP contribution in [0.5, 0.6) is 5.75 Å². The highest BCUT2D eigenvalue weighted by molar-refractivity contribution is 6.05. The van der Waals surface area contributed by atoms with E-state index < -0.39 is 0 Å². The quantitative estimate of drug-likeness (QED) is 0.409. The summed E-state index contributed by atoms with van der Waals surface area (Å²) in [5, 5.41) is 5.74. The van der Waals surface area contributed by atoms with Crippen LogP contribution >= 0.6 is 0 Å². The third kappa shape index (κ3) is 8.27. The van der Waals surface area contributed by atoms with Gasteiger partial charge in [0.05, 0.1) is 6.61 Å². The molecule has 0 fully saturated rings. The van der Waals surface area contributed by atoms with Gasteiger partial charge in [-0.15, -0.1) is 0 Å². The summed E-state index contributed by atoms with van der Waals surface area (Å²) in [4.78, 5) is 24.7. The van der Waals surface area contributed by atoms with E-state index in [2.05, 4.69) is 24.5 Å². The fourth-order valence-corrected chi connectivity index (χ4v) is 3.02. The molecule has 2 rings (SSSR count). The van der Waals surface area contributed by atoms with Crippen molar-refractivity contribution in [3.63, 3.8) is 0 Å². The summed E-state index contributed by atoms with van der Waals surface area (Å²) in [7, 11) is 0. The summed E-state index contributed by atoms with van der Waals surface area (Å²) in [6.07, 6.45) is 7.96. The average Bonchev–Trinajstić information content (AvgIpc) is 2.77. The Balaban J connectivity index is 1.84. The molecule has 0 bridgehead atoms. The normalized spacial score (nSPS) is 10.5. The molecule has 30 heavy (non-hydrogen) atoms. The molecule has 2 aromatic carbocycles. The van der Waals surface area contributed by atoms with E-state index in [1.807, 2.05) is 12.1 Å². The largest absolute Gasteiger partial charge is 0.494 e. The first-order valence-electron chi connectivity index (χ1n) is 11.1. The van der Waals surface area contributed by atoms with Crippen molar-refractivity contribution in [1.82, 2.24) is 5.32 Å². The van der Waals surface area contributed by atoms with Crippen molar-refractivity contribution in [3.05, 3.63) is 59.7 Å². The first-order chi connectivity index (χ1) is 14.6. The van der Waals surface area contributed by atoms with Gasteiger partial charge in [0.2, 0.25) is 0 Å². The van der Waals surface area contributed by atoms with Gasteiger partial charge in [-0.2, -0.15) is 0 Å². The Morgan fingerprint density at radius 1 is 0.800 bits per heavy atom. The molecule has 0 unspecified atom stereocenters. The van der Waals surface area contributed by atoms with E-state index >= 15 is 0 Å². The molecule has 0 saturated heterocycles. The lowest BCUT2D eigenvalue weighted by molar-refractivity contribution is 0.0951. The number of carbonyl (C=O) groups excluding carboxylic acids is 2. The molecule has 0 aliphatic heterocycles. The van der Waals surface area contributed by atoms with Crippen molar-refractivity contribution in [1.29, 1.82) is 0 Å². The van der Waals surface area contributed by atoms with Gasteiger partial charge < -0.3 is 15.4 Å². The summed E-state index contributed by atoms with van der Waals surface area (Å²) in [5.41, 5.74) is 1.67. The molecule has 0 aliphatic rings. The van der Waals surface area contributed by atoms with E-state index in [0.717, 1.165) is 25.0 Å².